The third kappa shape index (κ3) is 4.45. The van der Waals surface area contributed by atoms with E-state index in [9.17, 15) is 14.4 Å². The lowest BCUT2D eigenvalue weighted by molar-refractivity contribution is -0.139. The number of ether oxygens (including phenoxy) is 2. The summed E-state index contributed by atoms with van der Waals surface area (Å²) < 4.78 is 10.1. The number of benzene rings is 1. The molecule has 1 heterocycles. The van der Waals surface area contributed by atoms with Gasteiger partial charge in [0.1, 0.15) is 12.6 Å². The van der Waals surface area contributed by atoms with E-state index in [-0.39, 0.29) is 32.1 Å². The normalized spacial score (nSPS) is 16.9. The van der Waals surface area contributed by atoms with Crippen molar-refractivity contribution in [3.05, 3.63) is 35.9 Å². The van der Waals surface area contributed by atoms with Gasteiger partial charge in [-0.2, -0.15) is 0 Å². The summed E-state index contributed by atoms with van der Waals surface area (Å²) in [4.78, 5) is 38.2. The fraction of sp³-hybridized carbons (Fsp3) is 0.438. The number of carbonyl (C=O) groups excluding carboxylic acids is 3. The van der Waals surface area contributed by atoms with E-state index >= 15 is 0 Å². The summed E-state index contributed by atoms with van der Waals surface area (Å²) in [7, 11) is 3.28. The van der Waals surface area contributed by atoms with Crippen LogP contribution in [-0.4, -0.2) is 54.6 Å². The zero-order valence-corrected chi connectivity index (χ0v) is 13.2. The van der Waals surface area contributed by atoms with E-state index in [1.807, 2.05) is 30.3 Å². The van der Waals surface area contributed by atoms with Crippen LogP contribution in [0.25, 0.3) is 0 Å². The Bertz CT molecular complexity index is 573. The minimum absolute atomic E-state index is 0.109. The molecular formula is C16H20N2O5. The molecular weight excluding hydrogens is 300 g/mol. The molecule has 7 heteroatoms. The zero-order valence-electron chi connectivity index (χ0n) is 13.2. The molecule has 1 aliphatic heterocycles. The number of carbonyl (C=O) groups is 3. The Balaban J connectivity index is 1.90. The number of nitrogens with zero attached hydrogens (tertiary/aromatic N) is 2. The van der Waals surface area contributed by atoms with Gasteiger partial charge >= 0.3 is 12.1 Å². The molecule has 0 aromatic heterocycles. The van der Waals surface area contributed by atoms with Gasteiger partial charge in [0.2, 0.25) is 5.91 Å². The van der Waals surface area contributed by atoms with Crippen LogP contribution < -0.4 is 0 Å². The van der Waals surface area contributed by atoms with E-state index in [4.69, 9.17) is 9.47 Å². The molecule has 0 N–H and O–H groups in total. The van der Waals surface area contributed by atoms with E-state index in [1.165, 1.54) is 9.80 Å². The smallest absolute Gasteiger partial charge is 0.413 e. The summed E-state index contributed by atoms with van der Waals surface area (Å²) in [6.07, 6.45) is -0.243. The molecule has 0 aliphatic carbocycles. The van der Waals surface area contributed by atoms with Crippen molar-refractivity contribution in [2.75, 3.05) is 20.8 Å². The molecule has 1 aromatic rings. The first kappa shape index (κ1) is 16.8. The first-order chi connectivity index (χ1) is 11.0. The van der Waals surface area contributed by atoms with Gasteiger partial charge in [0.05, 0.1) is 0 Å². The second kappa shape index (κ2) is 7.62. The van der Waals surface area contributed by atoms with E-state index in [0.29, 0.717) is 0 Å². The Morgan fingerprint density at radius 3 is 2.65 bits per heavy atom. The van der Waals surface area contributed by atoms with Gasteiger partial charge in [0.25, 0.3) is 0 Å². The molecule has 0 spiro atoms. The summed E-state index contributed by atoms with van der Waals surface area (Å²) in [5.74, 6) is -0.615. The fourth-order valence-corrected chi connectivity index (χ4v) is 2.19. The van der Waals surface area contributed by atoms with Crippen molar-refractivity contribution in [3.63, 3.8) is 0 Å². The Hall–Kier alpha value is -2.57. The molecule has 7 nitrogen and oxygen atoms in total. The number of esters is 1. The third-order valence-corrected chi connectivity index (χ3v) is 3.56. The summed E-state index contributed by atoms with van der Waals surface area (Å²) in [5, 5.41) is 0. The first-order valence-electron chi connectivity index (χ1n) is 7.33. The molecule has 1 saturated heterocycles. The zero-order chi connectivity index (χ0) is 16.8. The quantitative estimate of drug-likeness (QED) is 0.766. The Morgan fingerprint density at radius 1 is 1.30 bits per heavy atom. The molecule has 1 aliphatic rings. The van der Waals surface area contributed by atoms with Crippen LogP contribution in [0.2, 0.25) is 0 Å². The lowest BCUT2D eigenvalue weighted by atomic mass is 10.1. The van der Waals surface area contributed by atoms with Crippen molar-refractivity contribution in [1.29, 1.82) is 0 Å². The van der Waals surface area contributed by atoms with Crippen molar-refractivity contribution in [2.24, 2.45) is 0 Å². The van der Waals surface area contributed by atoms with Gasteiger partial charge in [-0.05, 0) is 12.0 Å². The van der Waals surface area contributed by atoms with Crippen LogP contribution in [0, 0.1) is 0 Å². The molecule has 0 unspecified atom stereocenters. The Kier molecular flexibility index (Phi) is 5.56. The second-order valence-electron chi connectivity index (χ2n) is 5.45. The predicted molar refractivity (Wildman–Crippen MR) is 81.1 cm³/mol. The number of hydrogen-bond acceptors (Lipinski definition) is 5. The molecule has 124 valence electrons. The van der Waals surface area contributed by atoms with Gasteiger partial charge in [0, 0.05) is 20.5 Å². The minimum atomic E-state index is -0.776. The maximum atomic E-state index is 12.1. The van der Waals surface area contributed by atoms with Crippen molar-refractivity contribution >= 4 is 18.0 Å². The molecule has 1 atom stereocenters. The van der Waals surface area contributed by atoms with E-state index in [0.717, 1.165) is 5.56 Å². The molecule has 1 aromatic carbocycles. The summed E-state index contributed by atoms with van der Waals surface area (Å²) in [6.45, 7) is -0.0268. The molecule has 0 radical (unpaired) electrons. The van der Waals surface area contributed by atoms with Crippen LogP contribution >= 0.6 is 0 Å². The number of amides is 2. The molecule has 2 rings (SSSR count). The summed E-state index contributed by atoms with van der Waals surface area (Å²) in [5.41, 5.74) is 0.853. The monoisotopic (exact) mass is 320 g/mol. The van der Waals surface area contributed by atoms with Crippen molar-refractivity contribution < 1.29 is 23.9 Å². The lowest BCUT2D eigenvalue weighted by Crippen LogP contribution is -2.39. The highest BCUT2D eigenvalue weighted by atomic mass is 16.6. The van der Waals surface area contributed by atoms with Gasteiger partial charge in [-0.15, -0.1) is 0 Å². The predicted octanol–water partition coefficient (Wildman–Crippen LogP) is 1.38. The molecule has 0 saturated carbocycles. The first-order valence-corrected chi connectivity index (χ1v) is 7.33. The summed E-state index contributed by atoms with van der Waals surface area (Å²) in [6, 6.07) is 8.47. The highest BCUT2D eigenvalue weighted by Gasteiger charge is 2.38. The molecule has 0 bridgehead atoms. The van der Waals surface area contributed by atoms with Crippen molar-refractivity contribution in [3.8, 4) is 0 Å². The molecule has 23 heavy (non-hydrogen) atoms. The SMILES string of the molecule is CN(C)C(=O)CC[C@H]1C(=O)OCN1C(=O)OCc1ccccc1. The van der Waals surface area contributed by atoms with Crippen LogP contribution in [0.4, 0.5) is 4.79 Å². The van der Waals surface area contributed by atoms with Gasteiger partial charge in [-0.3, -0.25) is 9.69 Å². The maximum absolute atomic E-state index is 12.1. The van der Waals surface area contributed by atoms with Crippen LogP contribution in [0.3, 0.4) is 0 Å². The van der Waals surface area contributed by atoms with E-state index in [1.54, 1.807) is 14.1 Å². The van der Waals surface area contributed by atoms with E-state index < -0.39 is 18.1 Å². The minimum Gasteiger partial charge on any atom is -0.444 e. The van der Waals surface area contributed by atoms with E-state index in [2.05, 4.69) is 0 Å². The van der Waals surface area contributed by atoms with Gasteiger partial charge < -0.3 is 14.4 Å². The highest BCUT2D eigenvalue weighted by molar-refractivity contribution is 5.84. The number of rotatable bonds is 5. The van der Waals surface area contributed by atoms with Crippen molar-refractivity contribution in [2.45, 2.75) is 25.5 Å². The average molecular weight is 320 g/mol. The average Bonchev–Trinajstić information content (AvgIpc) is 2.92. The van der Waals surface area contributed by atoms with Crippen molar-refractivity contribution in [1.82, 2.24) is 9.80 Å². The van der Waals surface area contributed by atoms with Gasteiger partial charge in [-0.25, -0.2) is 9.59 Å². The van der Waals surface area contributed by atoms with Crippen LogP contribution in [0.15, 0.2) is 30.3 Å². The Morgan fingerprint density at radius 2 is 2.00 bits per heavy atom. The number of cyclic esters (lactones) is 1. The van der Waals surface area contributed by atoms with Gasteiger partial charge in [-0.1, -0.05) is 30.3 Å². The Labute approximate surface area is 134 Å². The molecule has 2 amide bonds. The van der Waals surface area contributed by atoms with Crippen LogP contribution in [0.1, 0.15) is 18.4 Å². The standard InChI is InChI=1S/C16H20N2O5/c1-17(2)14(19)9-8-13-15(20)23-11-18(13)16(21)22-10-12-6-4-3-5-7-12/h3-7,13H,8-11H2,1-2H3/t13-/m0/s1. The third-order valence-electron chi connectivity index (χ3n) is 3.56. The number of hydrogen-bond donors (Lipinski definition) is 0. The maximum Gasteiger partial charge on any atom is 0.413 e. The van der Waals surface area contributed by atoms with Crippen LogP contribution in [0.5, 0.6) is 0 Å². The highest BCUT2D eigenvalue weighted by Crippen LogP contribution is 2.18. The molecule has 1 fully saturated rings. The summed E-state index contributed by atoms with van der Waals surface area (Å²) >= 11 is 0. The second-order valence-corrected chi connectivity index (χ2v) is 5.45. The topological polar surface area (TPSA) is 76.2 Å². The van der Waals surface area contributed by atoms with Crippen LogP contribution in [-0.2, 0) is 25.7 Å². The van der Waals surface area contributed by atoms with Gasteiger partial charge in [0.15, 0.2) is 6.73 Å². The largest absolute Gasteiger partial charge is 0.444 e. The lowest BCUT2D eigenvalue weighted by Gasteiger charge is -2.20. The fourth-order valence-electron chi connectivity index (χ4n) is 2.19.